The third-order valence-corrected chi connectivity index (χ3v) is 1.83. The monoisotopic (exact) mass is 149 g/mol. The van der Waals surface area contributed by atoms with Crippen LogP contribution in [0.4, 0.5) is 5.69 Å². The minimum Gasteiger partial charge on any atom is -0.308 e. The van der Waals surface area contributed by atoms with Gasteiger partial charge in [-0.1, -0.05) is 17.7 Å². The quantitative estimate of drug-likeness (QED) is 0.513. The number of fused-ring (bicyclic) bond motifs is 1. The highest BCUT2D eigenvalue weighted by molar-refractivity contribution is 5.52. The van der Waals surface area contributed by atoms with Crippen LogP contribution in [0, 0.1) is 6.92 Å². The van der Waals surface area contributed by atoms with Gasteiger partial charge in [-0.2, -0.15) is 5.53 Å². The highest BCUT2D eigenvalue weighted by Gasteiger charge is 2.05. The fourth-order valence-corrected chi connectivity index (χ4v) is 1.24. The van der Waals surface area contributed by atoms with E-state index in [0.717, 1.165) is 12.2 Å². The summed E-state index contributed by atoms with van der Waals surface area (Å²) in [5.41, 5.74) is 12.7. The first kappa shape index (κ1) is 6.64. The molecule has 2 rings (SSSR count). The van der Waals surface area contributed by atoms with Crippen molar-refractivity contribution >= 4 is 5.69 Å². The highest BCUT2D eigenvalue weighted by Crippen LogP contribution is 2.17. The number of hydrogen-bond donors (Lipinski definition) is 3. The standard InChI is InChI=1S/C8H11N3/c1-6-2-3-8-7(4-6)5-9-11-10-8/h2-4,9-11H,5H2,1H3. The average molecular weight is 149 g/mol. The molecule has 0 fully saturated rings. The van der Waals surface area contributed by atoms with Crippen LogP contribution in [0.15, 0.2) is 18.2 Å². The van der Waals surface area contributed by atoms with Crippen molar-refractivity contribution < 1.29 is 0 Å². The normalized spacial score (nSPS) is 15.4. The molecule has 0 unspecified atom stereocenters. The van der Waals surface area contributed by atoms with Gasteiger partial charge in [-0.25, -0.2) is 5.43 Å². The summed E-state index contributed by atoms with van der Waals surface area (Å²) in [5.74, 6) is 0. The molecule has 0 aromatic heterocycles. The van der Waals surface area contributed by atoms with Crippen LogP contribution in [0.3, 0.4) is 0 Å². The minimum atomic E-state index is 0.879. The van der Waals surface area contributed by atoms with E-state index in [9.17, 15) is 0 Å². The maximum Gasteiger partial charge on any atom is 0.0546 e. The number of nitrogens with one attached hydrogen (secondary N) is 3. The predicted molar refractivity (Wildman–Crippen MR) is 44.8 cm³/mol. The molecule has 11 heavy (non-hydrogen) atoms. The molecule has 1 aromatic carbocycles. The lowest BCUT2D eigenvalue weighted by molar-refractivity contribution is 0.567. The van der Waals surface area contributed by atoms with E-state index in [-0.39, 0.29) is 0 Å². The van der Waals surface area contributed by atoms with Crippen LogP contribution in [0.2, 0.25) is 0 Å². The van der Waals surface area contributed by atoms with Gasteiger partial charge in [0.05, 0.1) is 5.69 Å². The number of rotatable bonds is 0. The largest absolute Gasteiger partial charge is 0.308 e. The van der Waals surface area contributed by atoms with Gasteiger partial charge in [0.15, 0.2) is 0 Å². The van der Waals surface area contributed by atoms with Crippen LogP contribution >= 0.6 is 0 Å². The van der Waals surface area contributed by atoms with Crippen LogP contribution < -0.4 is 16.4 Å². The number of aryl methyl sites for hydroxylation is 1. The Bertz CT molecular complexity index is 270. The molecular weight excluding hydrogens is 138 g/mol. The molecule has 3 heteroatoms. The Morgan fingerprint density at radius 1 is 1.36 bits per heavy atom. The topological polar surface area (TPSA) is 36.1 Å². The van der Waals surface area contributed by atoms with Gasteiger partial charge in [-0.3, -0.25) is 0 Å². The molecule has 1 aliphatic rings. The first-order valence-electron chi connectivity index (χ1n) is 3.70. The van der Waals surface area contributed by atoms with Crippen molar-refractivity contribution in [2.75, 3.05) is 5.43 Å². The molecule has 0 bridgehead atoms. The molecule has 1 aliphatic heterocycles. The molecule has 1 heterocycles. The molecule has 3 N–H and O–H groups in total. The lowest BCUT2D eigenvalue weighted by Crippen LogP contribution is -2.40. The van der Waals surface area contributed by atoms with E-state index < -0.39 is 0 Å². The van der Waals surface area contributed by atoms with Crippen molar-refractivity contribution in [3.8, 4) is 0 Å². The van der Waals surface area contributed by atoms with Gasteiger partial charge in [-0.05, 0) is 18.6 Å². The van der Waals surface area contributed by atoms with Crippen molar-refractivity contribution in [2.24, 2.45) is 0 Å². The van der Waals surface area contributed by atoms with Crippen LogP contribution in [0.1, 0.15) is 11.1 Å². The molecular formula is C8H11N3. The lowest BCUT2D eigenvalue weighted by Gasteiger charge is -2.19. The Morgan fingerprint density at radius 2 is 2.27 bits per heavy atom. The number of hydrogen-bond acceptors (Lipinski definition) is 3. The molecule has 0 atom stereocenters. The van der Waals surface area contributed by atoms with Gasteiger partial charge < -0.3 is 5.43 Å². The van der Waals surface area contributed by atoms with Gasteiger partial charge in [0.2, 0.25) is 0 Å². The van der Waals surface area contributed by atoms with Crippen molar-refractivity contribution in [2.45, 2.75) is 13.5 Å². The molecule has 0 spiro atoms. The molecule has 58 valence electrons. The van der Waals surface area contributed by atoms with Gasteiger partial charge in [0.25, 0.3) is 0 Å². The zero-order chi connectivity index (χ0) is 7.68. The van der Waals surface area contributed by atoms with Crippen LogP contribution in [-0.4, -0.2) is 0 Å². The Balaban J connectivity index is 2.43. The third kappa shape index (κ3) is 1.20. The zero-order valence-electron chi connectivity index (χ0n) is 6.44. The summed E-state index contributed by atoms with van der Waals surface area (Å²) in [7, 11) is 0. The van der Waals surface area contributed by atoms with Crippen molar-refractivity contribution in [1.82, 2.24) is 11.0 Å². The summed E-state index contributed by atoms with van der Waals surface area (Å²) >= 11 is 0. The number of hydrazine groups is 2. The van der Waals surface area contributed by atoms with E-state index in [0.29, 0.717) is 0 Å². The smallest absolute Gasteiger partial charge is 0.0546 e. The fourth-order valence-electron chi connectivity index (χ4n) is 1.24. The Kier molecular flexibility index (Phi) is 1.52. The van der Waals surface area contributed by atoms with Crippen molar-refractivity contribution in [3.63, 3.8) is 0 Å². The number of anilines is 1. The summed E-state index contributed by atoms with van der Waals surface area (Å²) in [5, 5.41) is 0. The van der Waals surface area contributed by atoms with Gasteiger partial charge >= 0.3 is 0 Å². The molecule has 0 saturated heterocycles. The zero-order valence-corrected chi connectivity index (χ0v) is 6.44. The fraction of sp³-hybridized carbons (Fsp3) is 0.250. The average Bonchev–Trinajstić information content (AvgIpc) is 2.04. The Morgan fingerprint density at radius 3 is 3.18 bits per heavy atom. The summed E-state index contributed by atoms with van der Waals surface area (Å²) in [6.07, 6.45) is 0. The highest BCUT2D eigenvalue weighted by atomic mass is 15.6. The van der Waals surface area contributed by atoms with Crippen molar-refractivity contribution in [3.05, 3.63) is 29.3 Å². The summed E-state index contributed by atoms with van der Waals surface area (Å²) in [6, 6.07) is 6.35. The van der Waals surface area contributed by atoms with Crippen LogP contribution in [-0.2, 0) is 6.54 Å². The Hall–Kier alpha value is -1.06. The molecule has 0 radical (unpaired) electrons. The molecule has 3 nitrogen and oxygen atoms in total. The second-order valence-electron chi connectivity index (χ2n) is 2.76. The van der Waals surface area contributed by atoms with E-state index in [1.165, 1.54) is 11.1 Å². The summed E-state index contributed by atoms with van der Waals surface area (Å²) < 4.78 is 0. The SMILES string of the molecule is Cc1ccc2c(c1)CNNN2. The van der Waals surface area contributed by atoms with E-state index in [1.807, 2.05) is 0 Å². The summed E-state index contributed by atoms with van der Waals surface area (Å²) in [4.78, 5) is 0. The third-order valence-electron chi connectivity index (χ3n) is 1.83. The van der Waals surface area contributed by atoms with Gasteiger partial charge in [0, 0.05) is 6.54 Å². The van der Waals surface area contributed by atoms with E-state index in [1.54, 1.807) is 0 Å². The minimum absolute atomic E-state index is 0.879. The second kappa shape index (κ2) is 2.53. The maximum absolute atomic E-state index is 3.03. The molecule has 0 aliphatic carbocycles. The molecule has 1 aromatic rings. The first-order chi connectivity index (χ1) is 5.36. The maximum atomic E-state index is 3.03. The van der Waals surface area contributed by atoms with Gasteiger partial charge in [-0.15, -0.1) is 0 Å². The van der Waals surface area contributed by atoms with Crippen LogP contribution in [0.5, 0.6) is 0 Å². The number of benzene rings is 1. The first-order valence-corrected chi connectivity index (χ1v) is 3.70. The molecule has 0 saturated carbocycles. The van der Waals surface area contributed by atoms with E-state index >= 15 is 0 Å². The Labute approximate surface area is 65.7 Å². The predicted octanol–water partition coefficient (Wildman–Crippen LogP) is 0.930. The van der Waals surface area contributed by atoms with Gasteiger partial charge in [0.1, 0.15) is 0 Å². The second-order valence-corrected chi connectivity index (χ2v) is 2.76. The van der Waals surface area contributed by atoms with Crippen LogP contribution in [0.25, 0.3) is 0 Å². The lowest BCUT2D eigenvalue weighted by atomic mass is 10.1. The summed E-state index contributed by atoms with van der Waals surface area (Å²) in [6.45, 7) is 2.98. The van der Waals surface area contributed by atoms with E-state index in [4.69, 9.17) is 0 Å². The molecule has 0 amide bonds. The van der Waals surface area contributed by atoms with E-state index in [2.05, 4.69) is 41.5 Å². The van der Waals surface area contributed by atoms with Crippen molar-refractivity contribution in [1.29, 1.82) is 0 Å².